The second-order valence-electron chi connectivity index (χ2n) is 6.41. The van der Waals surface area contributed by atoms with E-state index in [0.29, 0.717) is 13.1 Å². The highest BCUT2D eigenvalue weighted by Crippen LogP contribution is 2.46. The van der Waals surface area contributed by atoms with Gasteiger partial charge in [-0.1, -0.05) is 12.8 Å². The molecule has 0 aromatic rings. The highest BCUT2D eigenvalue weighted by molar-refractivity contribution is 6.05. The van der Waals surface area contributed by atoms with Gasteiger partial charge in [0.1, 0.15) is 0 Å². The fourth-order valence-corrected chi connectivity index (χ4v) is 3.49. The van der Waals surface area contributed by atoms with Gasteiger partial charge in [0.05, 0.1) is 12.1 Å². The van der Waals surface area contributed by atoms with Gasteiger partial charge in [0, 0.05) is 13.0 Å². The quantitative estimate of drug-likeness (QED) is 0.712. The molecule has 0 bridgehead atoms. The Morgan fingerprint density at radius 1 is 1.28 bits per heavy atom. The molecule has 1 spiro atoms. The molecule has 100 valence electrons. The number of carbonyl (C=O) groups is 2. The molecule has 0 unspecified atom stereocenters. The fourth-order valence-electron chi connectivity index (χ4n) is 3.49. The summed E-state index contributed by atoms with van der Waals surface area (Å²) in [4.78, 5) is 28.2. The molecular formula is C14H22N2O2. The average molecular weight is 250 g/mol. The highest BCUT2D eigenvalue weighted by atomic mass is 16.2. The van der Waals surface area contributed by atoms with Crippen LogP contribution in [-0.2, 0) is 9.59 Å². The summed E-state index contributed by atoms with van der Waals surface area (Å²) in [5.41, 5.74) is -0.308. The van der Waals surface area contributed by atoms with Crippen LogP contribution in [0.2, 0.25) is 0 Å². The Morgan fingerprint density at radius 3 is 2.56 bits per heavy atom. The summed E-state index contributed by atoms with van der Waals surface area (Å²) in [5.74, 6) is 0.945. The molecule has 0 aromatic carbocycles. The monoisotopic (exact) mass is 250 g/mol. The zero-order chi connectivity index (χ0) is 12.8. The van der Waals surface area contributed by atoms with Gasteiger partial charge in [-0.25, -0.2) is 0 Å². The van der Waals surface area contributed by atoms with E-state index in [4.69, 9.17) is 0 Å². The largest absolute Gasteiger partial charge is 0.288 e. The lowest BCUT2D eigenvalue weighted by molar-refractivity contribution is -0.143. The minimum Gasteiger partial charge on any atom is -0.288 e. The maximum absolute atomic E-state index is 12.5. The van der Waals surface area contributed by atoms with Crippen LogP contribution >= 0.6 is 0 Å². The number of amides is 2. The number of carbonyl (C=O) groups excluding carboxylic acids is 2. The van der Waals surface area contributed by atoms with Crippen molar-refractivity contribution in [2.75, 3.05) is 20.3 Å². The van der Waals surface area contributed by atoms with Gasteiger partial charge in [-0.3, -0.25) is 19.4 Å². The SMILES string of the molecule is CN(CC1CC1)CN1C(=O)CC2(CCCC2)C1=O. The number of likely N-dealkylation sites (tertiary alicyclic amines) is 1. The molecule has 3 aliphatic rings. The molecule has 0 N–H and O–H groups in total. The van der Waals surface area contributed by atoms with Crippen LogP contribution in [0.1, 0.15) is 44.9 Å². The van der Waals surface area contributed by atoms with Crippen LogP contribution in [0.4, 0.5) is 0 Å². The Kier molecular flexibility index (Phi) is 2.93. The molecule has 18 heavy (non-hydrogen) atoms. The smallest absolute Gasteiger partial charge is 0.237 e. The van der Waals surface area contributed by atoms with E-state index in [0.717, 1.165) is 38.1 Å². The summed E-state index contributed by atoms with van der Waals surface area (Å²) in [5, 5.41) is 0. The Hall–Kier alpha value is -0.900. The zero-order valence-electron chi connectivity index (χ0n) is 11.2. The molecule has 2 amide bonds. The van der Waals surface area contributed by atoms with E-state index in [1.807, 2.05) is 7.05 Å². The second kappa shape index (κ2) is 4.34. The Labute approximate surface area is 108 Å². The minimum absolute atomic E-state index is 0.0459. The van der Waals surface area contributed by atoms with Crippen LogP contribution in [0, 0.1) is 11.3 Å². The third kappa shape index (κ3) is 2.07. The lowest BCUT2D eigenvalue weighted by Crippen LogP contribution is -2.42. The van der Waals surface area contributed by atoms with Gasteiger partial charge in [0.2, 0.25) is 11.8 Å². The van der Waals surface area contributed by atoms with Gasteiger partial charge in [0.25, 0.3) is 0 Å². The van der Waals surface area contributed by atoms with E-state index in [2.05, 4.69) is 4.90 Å². The van der Waals surface area contributed by atoms with Crippen LogP contribution in [-0.4, -0.2) is 41.9 Å². The van der Waals surface area contributed by atoms with Crippen LogP contribution in [0.15, 0.2) is 0 Å². The number of rotatable bonds is 4. The lowest BCUT2D eigenvalue weighted by Gasteiger charge is -2.25. The lowest BCUT2D eigenvalue weighted by atomic mass is 9.85. The average Bonchev–Trinajstić information content (AvgIpc) is 2.95. The summed E-state index contributed by atoms with van der Waals surface area (Å²) >= 11 is 0. The molecule has 0 aromatic heterocycles. The Morgan fingerprint density at radius 2 is 1.94 bits per heavy atom. The molecule has 0 radical (unpaired) electrons. The highest BCUT2D eigenvalue weighted by Gasteiger charge is 2.52. The molecule has 2 saturated carbocycles. The van der Waals surface area contributed by atoms with E-state index in [1.165, 1.54) is 17.7 Å². The third-order valence-corrected chi connectivity index (χ3v) is 4.70. The van der Waals surface area contributed by atoms with Crippen molar-refractivity contribution in [3.8, 4) is 0 Å². The molecule has 3 fully saturated rings. The van der Waals surface area contributed by atoms with Crippen LogP contribution in [0.3, 0.4) is 0 Å². The first-order valence-corrected chi connectivity index (χ1v) is 7.14. The van der Waals surface area contributed by atoms with Gasteiger partial charge in [-0.05, 0) is 38.6 Å². The predicted octanol–water partition coefficient (Wildman–Crippen LogP) is 1.60. The van der Waals surface area contributed by atoms with E-state index in [-0.39, 0.29) is 17.2 Å². The fraction of sp³-hybridized carbons (Fsp3) is 0.857. The summed E-state index contributed by atoms with van der Waals surface area (Å²) in [7, 11) is 2.01. The zero-order valence-corrected chi connectivity index (χ0v) is 11.2. The molecule has 0 atom stereocenters. The van der Waals surface area contributed by atoms with E-state index in [9.17, 15) is 9.59 Å². The summed E-state index contributed by atoms with van der Waals surface area (Å²) in [6, 6.07) is 0. The summed E-state index contributed by atoms with van der Waals surface area (Å²) < 4.78 is 0. The summed E-state index contributed by atoms with van der Waals surface area (Å²) in [6.45, 7) is 1.51. The van der Waals surface area contributed by atoms with Crippen molar-refractivity contribution in [3.63, 3.8) is 0 Å². The van der Waals surface area contributed by atoms with Crippen molar-refractivity contribution in [1.29, 1.82) is 0 Å². The van der Waals surface area contributed by atoms with Crippen LogP contribution in [0.5, 0.6) is 0 Å². The topological polar surface area (TPSA) is 40.6 Å². The van der Waals surface area contributed by atoms with Crippen molar-refractivity contribution < 1.29 is 9.59 Å². The van der Waals surface area contributed by atoms with E-state index in [1.54, 1.807) is 0 Å². The van der Waals surface area contributed by atoms with Gasteiger partial charge in [-0.2, -0.15) is 0 Å². The van der Waals surface area contributed by atoms with Crippen molar-refractivity contribution in [3.05, 3.63) is 0 Å². The number of hydrogen-bond acceptors (Lipinski definition) is 3. The molecule has 2 aliphatic carbocycles. The van der Waals surface area contributed by atoms with Crippen LogP contribution in [0.25, 0.3) is 0 Å². The van der Waals surface area contributed by atoms with Crippen molar-refractivity contribution in [2.24, 2.45) is 11.3 Å². The number of hydrogen-bond donors (Lipinski definition) is 0. The number of nitrogens with zero attached hydrogens (tertiary/aromatic N) is 2. The van der Waals surface area contributed by atoms with Gasteiger partial charge >= 0.3 is 0 Å². The molecule has 1 aliphatic heterocycles. The van der Waals surface area contributed by atoms with Crippen molar-refractivity contribution in [1.82, 2.24) is 9.80 Å². The molecule has 4 nitrogen and oxygen atoms in total. The van der Waals surface area contributed by atoms with E-state index < -0.39 is 0 Å². The maximum atomic E-state index is 12.5. The van der Waals surface area contributed by atoms with Crippen LogP contribution < -0.4 is 0 Å². The van der Waals surface area contributed by atoms with Gasteiger partial charge in [0.15, 0.2) is 0 Å². The molecule has 1 heterocycles. The Bertz CT molecular complexity index is 370. The maximum Gasteiger partial charge on any atom is 0.237 e. The third-order valence-electron chi connectivity index (χ3n) is 4.70. The minimum atomic E-state index is -0.308. The molecular weight excluding hydrogens is 228 g/mol. The first-order chi connectivity index (χ1) is 8.61. The second-order valence-corrected chi connectivity index (χ2v) is 6.41. The van der Waals surface area contributed by atoms with Gasteiger partial charge in [-0.15, -0.1) is 0 Å². The molecule has 4 heteroatoms. The normalized spacial score (nSPS) is 26.9. The predicted molar refractivity (Wildman–Crippen MR) is 67.6 cm³/mol. The molecule has 1 saturated heterocycles. The number of imide groups is 1. The van der Waals surface area contributed by atoms with E-state index >= 15 is 0 Å². The van der Waals surface area contributed by atoms with Gasteiger partial charge < -0.3 is 0 Å². The first-order valence-electron chi connectivity index (χ1n) is 7.14. The standard InChI is InChI=1S/C14H22N2O2/c1-15(9-11-4-5-11)10-16-12(17)8-14(13(16)18)6-2-3-7-14/h11H,2-10H2,1H3. The van der Waals surface area contributed by atoms with Crippen molar-refractivity contribution >= 4 is 11.8 Å². The summed E-state index contributed by atoms with van der Waals surface area (Å²) in [6.07, 6.45) is 7.10. The first kappa shape index (κ1) is 12.2. The van der Waals surface area contributed by atoms with Crippen molar-refractivity contribution in [2.45, 2.75) is 44.9 Å². The molecule has 3 rings (SSSR count). The Balaban J connectivity index is 1.64.